The molecule has 88 valence electrons. The van der Waals surface area contributed by atoms with Gasteiger partial charge >= 0.3 is 0 Å². The van der Waals surface area contributed by atoms with Crippen LogP contribution in [0.1, 0.15) is 20.8 Å². The van der Waals surface area contributed by atoms with Gasteiger partial charge in [0.05, 0.1) is 11.7 Å². The zero-order valence-corrected chi connectivity index (χ0v) is 10.5. The maximum Gasteiger partial charge on any atom is 0.267 e. The highest BCUT2D eigenvalue weighted by Gasteiger charge is 2.10. The van der Waals surface area contributed by atoms with Gasteiger partial charge in [-0.1, -0.05) is 0 Å². The third kappa shape index (κ3) is 2.45. The third-order valence-electron chi connectivity index (χ3n) is 2.52. The van der Waals surface area contributed by atoms with Crippen molar-refractivity contribution in [2.75, 3.05) is 11.1 Å². The fourth-order valence-electron chi connectivity index (χ4n) is 1.49. The minimum Gasteiger partial charge on any atom is -0.399 e. The number of anilines is 2. The SMILES string of the molecule is Cc1cc(NC(=O)c2cncs2)c(C)cc1N. The summed E-state index contributed by atoms with van der Waals surface area (Å²) in [7, 11) is 0. The lowest BCUT2D eigenvalue weighted by Crippen LogP contribution is -2.11. The number of nitrogens with zero attached hydrogens (tertiary/aromatic N) is 1. The van der Waals surface area contributed by atoms with Gasteiger partial charge in [-0.25, -0.2) is 0 Å². The Labute approximate surface area is 103 Å². The number of aromatic nitrogens is 1. The van der Waals surface area contributed by atoms with Gasteiger partial charge in [-0.2, -0.15) is 0 Å². The molecule has 0 spiro atoms. The molecule has 1 heterocycles. The van der Waals surface area contributed by atoms with Crippen molar-refractivity contribution in [3.05, 3.63) is 39.8 Å². The van der Waals surface area contributed by atoms with Crippen LogP contribution >= 0.6 is 11.3 Å². The number of nitrogen functional groups attached to an aromatic ring is 1. The molecule has 5 heteroatoms. The molecule has 0 bridgehead atoms. The van der Waals surface area contributed by atoms with Crippen molar-refractivity contribution in [1.29, 1.82) is 0 Å². The average molecular weight is 247 g/mol. The van der Waals surface area contributed by atoms with Gasteiger partial charge in [0.25, 0.3) is 5.91 Å². The largest absolute Gasteiger partial charge is 0.399 e. The van der Waals surface area contributed by atoms with Crippen molar-refractivity contribution in [2.45, 2.75) is 13.8 Å². The van der Waals surface area contributed by atoms with E-state index in [0.717, 1.165) is 22.5 Å². The predicted molar refractivity (Wildman–Crippen MR) is 70.4 cm³/mol. The van der Waals surface area contributed by atoms with Gasteiger partial charge in [0.15, 0.2) is 0 Å². The van der Waals surface area contributed by atoms with Crippen LogP contribution in [0.15, 0.2) is 23.8 Å². The molecule has 0 aliphatic rings. The van der Waals surface area contributed by atoms with Gasteiger partial charge in [-0.15, -0.1) is 11.3 Å². The van der Waals surface area contributed by atoms with Gasteiger partial charge in [-0.3, -0.25) is 9.78 Å². The summed E-state index contributed by atoms with van der Waals surface area (Å²) in [6, 6.07) is 3.74. The van der Waals surface area contributed by atoms with Crippen molar-refractivity contribution in [3.63, 3.8) is 0 Å². The number of carbonyl (C=O) groups is 1. The van der Waals surface area contributed by atoms with Crippen LogP contribution in [-0.4, -0.2) is 10.9 Å². The Morgan fingerprint density at radius 1 is 1.35 bits per heavy atom. The van der Waals surface area contributed by atoms with E-state index in [-0.39, 0.29) is 5.91 Å². The molecule has 2 aromatic rings. The summed E-state index contributed by atoms with van der Waals surface area (Å²) >= 11 is 1.32. The summed E-state index contributed by atoms with van der Waals surface area (Å²) in [5.41, 5.74) is 10.9. The number of amides is 1. The second-order valence-corrected chi connectivity index (χ2v) is 4.73. The fraction of sp³-hybridized carbons (Fsp3) is 0.167. The molecule has 0 radical (unpaired) electrons. The average Bonchev–Trinajstić information content (AvgIpc) is 2.79. The van der Waals surface area contributed by atoms with Crippen LogP contribution in [0.25, 0.3) is 0 Å². The van der Waals surface area contributed by atoms with Crippen LogP contribution in [0.5, 0.6) is 0 Å². The lowest BCUT2D eigenvalue weighted by Gasteiger charge is -2.10. The van der Waals surface area contributed by atoms with Crippen molar-refractivity contribution in [2.24, 2.45) is 0 Å². The van der Waals surface area contributed by atoms with Crippen LogP contribution in [0, 0.1) is 13.8 Å². The van der Waals surface area contributed by atoms with E-state index in [1.165, 1.54) is 11.3 Å². The van der Waals surface area contributed by atoms with Gasteiger partial charge in [0, 0.05) is 11.4 Å². The highest BCUT2D eigenvalue weighted by atomic mass is 32.1. The first-order valence-electron chi connectivity index (χ1n) is 5.14. The van der Waals surface area contributed by atoms with Crippen LogP contribution < -0.4 is 11.1 Å². The van der Waals surface area contributed by atoms with E-state index in [1.54, 1.807) is 11.7 Å². The molecule has 3 N–H and O–H groups in total. The molecular formula is C12H13N3OS. The van der Waals surface area contributed by atoms with E-state index in [1.807, 2.05) is 26.0 Å². The van der Waals surface area contributed by atoms with E-state index < -0.39 is 0 Å². The molecule has 0 fully saturated rings. The van der Waals surface area contributed by atoms with E-state index in [0.29, 0.717) is 4.88 Å². The summed E-state index contributed by atoms with van der Waals surface area (Å²) in [6.45, 7) is 3.83. The molecule has 17 heavy (non-hydrogen) atoms. The molecule has 1 aromatic carbocycles. The maximum absolute atomic E-state index is 11.9. The quantitative estimate of drug-likeness (QED) is 0.801. The van der Waals surface area contributed by atoms with Crippen LogP contribution in [-0.2, 0) is 0 Å². The third-order valence-corrected chi connectivity index (χ3v) is 3.29. The molecule has 1 aromatic heterocycles. The summed E-state index contributed by atoms with van der Waals surface area (Å²) in [4.78, 5) is 16.3. The zero-order chi connectivity index (χ0) is 12.4. The molecule has 4 nitrogen and oxygen atoms in total. The second kappa shape index (κ2) is 4.55. The van der Waals surface area contributed by atoms with E-state index in [4.69, 9.17) is 5.73 Å². The number of nitrogens with one attached hydrogen (secondary N) is 1. The van der Waals surface area contributed by atoms with Gasteiger partial charge in [-0.05, 0) is 37.1 Å². The summed E-state index contributed by atoms with van der Waals surface area (Å²) in [5, 5.41) is 2.86. The molecular weight excluding hydrogens is 234 g/mol. The normalized spacial score (nSPS) is 10.2. The first-order chi connectivity index (χ1) is 8.08. The Kier molecular flexibility index (Phi) is 3.10. The Morgan fingerprint density at radius 2 is 2.12 bits per heavy atom. The molecule has 1 amide bonds. The molecule has 0 atom stereocenters. The number of rotatable bonds is 2. The molecule has 2 rings (SSSR count). The summed E-state index contributed by atoms with van der Waals surface area (Å²) < 4.78 is 0. The topological polar surface area (TPSA) is 68.0 Å². The Hall–Kier alpha value is -1.88. The second-order valence-electron chi connectivity index (χ2n) is 3.84. The van der Waals surface area contributed by atoms with Gasteiger partial charge in [0.1, 0.15) is 4.88 Å². The Bertz CT molecular complexity index is 549. The number of nitrogens with two attached hydrogens (primary N) is 1. The summed E-state index contributed by atoms with van der Waals surface area (Å²) in [6.07, 6.45) is 1.56. The minimum absolute atomic E-state index is 0.139. The molecule has 0 aliphatic carbocycles. The number of hydrogen-bond donors (Lipinski definition) is 2. The van der Waals surface area contributed by atoms with Crippen LogP contribution in [0.2, 0.25) is 0 Å². The van der Waals surface area contributed by atoms with Crippen molar-refractivity contribution in [3.8, 4) is 0 Å². The summed E-state index contributed by atoms with van der Waals surface area (Å²) in [5.74, 6) is -0.139. The first-order valence-corrected chi connectivity index (χ1v) is 6.02. The van der Waals surface area contributed by atoms with Crippen molar-refractivity contribution < 1.29 is 4.79 Å². The fourth-order valence-corrected chi connectivity index (χ4v) is 2.00. The van der Waals surface area contributed by atoms with Crippen molar-refractivity contribution in [1.82, 2.24) is 4.98 Å². The monoisotopic (exact) mass is 247 g/mol. The number of benzene rings is 1. The highest BCUT2D eigenvalue weighted by molar-refractivity contribution is 7.11. The van der Waals surface area contributed by atoms with Gasteiger partial charge < -0.3 is 11.1 Å². The van der Waals surface area contributed by atoms with Gasteiger partial charge in [0.2, 0.25) is 0 Å². The Morgan fingerprint density at radius 3 is 2.76 bits per heavy atom. The molecule has 0 aliphatic heterocycles. The van der Waals surface area contributed by atoms with E-state index in [9.17, 15) is 4.79 Å². The smallest absolute Gasteiger partial charge is 0.267 e. The van der Waals surface area contributed by atoms with Crippen LogP contribution in [0.4, 0.5) is 11.4 Å². The van der Waals surface area contributed by atoms with E-state index in [2.05, 4.69) is 10.3 Å². The molecule has 0 unspecified atom stereocenters. The number of aryl methyl sites for hydroxylation is 2. The van der Waals surface area contributed by atoms with Crippen molar-refractivity contribution >= 4 is 28.6 Å². The predicted octanol–water partition coefficient (Wildman–Crippen LogP) is 2.59. The lowest BCUT2D eigenvalue weighted by atomic mass is 10.1. The first kappa shape index (κ1) is 11.6. The van der Waals surface area contributed by atoms with Crippen LogP contribution in [0.3, 0.4) is 0 Å². The minimum atomic E-state index is -0.139. The lowest BCUT2D eigenvalue weighted by molar-refractivity contribution is 0.103. The maximum atomic E-state index is 11.9. The number of carbonyl (C=O) groups excluding carboxylic acids is 1. The Balaban J connectivity index is 2.25. The number of thiazole rings is 1. The van der Waals surface area contributed by atoms with E-state index >= 15 is 0 Å². The molecule has 0 saturated heterocycles. The molecule has 0 saturated carbocycles. The zero-order valence-electron chi connectivity index (χ0n) is 9.65. The number of hydrogen-bond acceptors (Lipinski definition) is 4. The highest BCUT2D eigenvalue weighted by Crippen LogP contribution is 2.22. The standard InChI is InChI=1S/C12H13N3OS/c1-7-4-10(8(2)3-9(7)13)15-12(16)11-5-14-6-17-11/h3-6H,13H2,1-2H3,(H,15,16).